The van der Waals surface area contributed by atoms with Gasteiger partial charge >= 0.3 is 0 Å². The number of morpholine rings is 1. The second-order valence-corrected chi connectivity index (χ2v) is 5.60. The van der Waals surface area contributed by atoms with E-state index in [4.69, 9.17) is 14.2 Å². The van der Waals surface area contributed by atoms with Gasteiger partial charge in [-0.05, 0) is 32.4 Å². The highest BCUT2D eigenvalue weighted by Gasteiger charge is 2.28. The van der Waals surface area contributed by atoms with E-state index in [1.165, 1.54) is 0 Å². The van der Waals surface area contributed by atoms with Crippen LogP contribution in [0.2, 0.25) is 0 Å². The first-order valence-corrected chi connectivity index (χ1v) is 7.20. The van der Waals surface area contributed by atoms with E-state index in [1.807, 2.05) is 12.1 Å². The number of nitrogens with zero attached hydrogens (tertiary/aromatic N) is 1. The van der Waals surface area contributed by atoms with Gasteiger partial charge in [-0.15, -0.1) is 0 Å². The smallest absolute Gasteiger partial charge is 0.257 e. The fourth-order valence-electron chi connectivity index (χ4n) is 2.14. The topological polar surface area (TPSA) is 52.6 Å². The third-order valence-electron chi connectivity index (χ3n) is 3.01. The minimum Gasteiger partial charge on any atom is -0.488 e. The summed E-state index contributed by atoms with van der Waals surface area (Å²) in [5, 5.41) is 3.35. The van der Waals surface area contributed by atoms with Gasteiger partial charge in [-0.2, -0.15) is 0 Å². The molecule has 5 nitrogen and oxygen atoms in total. The van der Waals surface area contributed by atoms with Gasteiger partial charge in [0, 0.05) is 19.3 Å². The molecular weight excluding hydrogens is 256 g/mol. The summed E-state index contributed by atoms with van der Waals surface area (Å²) >= 11 is 0. The van der Waals surface area contributed by atoms with Crippen LogP contribution in [-0.2, 0) is 4.74 Å². The van der Waals surface area contributed by atoms with E-state index in [0.717, 1.165) is 19.5 Å². The van der Waals surface area contributed by atoms with Crippen LogP contribution in [0.3, 0.4) is 0 Å². The third kappa shape index (κ3) is 4.35. The summed E-state index contributed by atoms with van der Waals surface area (Å²) in [6.45, 7) is 9.00. The molecular formula is C15H24N2O3. The predicted molar refractivity (Wildman–Crippen MR) is 77.3 cm³/mol. The van der Waals surface area contributed by atoms with E-state index < -0.39 is 0 Å². The third-order valence-corrected chi connectivity index (χ3v) is 3.01. The molecule has 0 aliphatic carbocycles. The Morgan fingerprint density at radius 2 is 2.30 bits per heavy atom. The lowest BCUT2D eigenvalue weighted by atomic mass is 10.1. The second kappa shape index (κ2) is 6.90. The number of ether oxygens (including phenoxy) is 3. The lowest BCUT2D eigenvalue weighted by Gasteiger charge is -2.36. The average molecular weight is 280 g/mol. The largest absolute Gasteiger partial charge is 0.488 e. The van der Waals surface area contributed by atoms with Crippen molar-refractivity contribution in [2.24, 2.45) is 0 Å². The van der Waals surface area contributed by atoms with Crippen LogP contribution in [-0.4, -0.2) is 43.0 Å². The van der Waals surface area contributed by atoms with Crippen LogP contribution in [0.4, 0.5) is 0 Å². The van der Waals surface area contributed by atoms with E-state index >= 15 is 0 Å². The molecule has 1 unspecified atom stereocenters. The van der Waals surface area contributed by atoms with Crippen molar-refractivity contribution < 1.29 is 14.2 Å². The number of hydrogen-bond acceptors (Lipinski definition) is 5. The van der Waals surface area contributed by atoms with Gasteiger partial charge in [0.1, 0.15) is 12.7 Å². The summed E-state index contributed by atoms with van der Waals surface area (Å²) in [7, 11) is 0. The average Bonchev–Trinajstić information content (AvgIpc) is 2.43. The van der Waals surface area contributed by atoms with Gasteiger partial charge in [-0.1, -0.05) is 6.92 Å². The SMILES string of the molecule is CCCOc1cccnc1OCC1CNCC(C)(C)O1. The minimum absolute atomic E-state index is 0.0276. The van der Waals surface area contributed by atoms with E-state index in [0.29, 0.717) is 24.8 Å². The summed E-state index contributed by atoms with van der Waals surface area (Å²) in [5.74, 6) is 1.23. The van der Waals surface area contributed by atoms with Crippen LogP contribution < -0.4 is 14.8 Å². The normalized spacial score (nSPS) is 21.4. The lowest BCUT2D eigenvalue weighted by Crippen LogP contribution is -2.52. The quantitative estimate of drug-likeness (QED) is 0.864. The Morgan fingerprint density at radius 1 is 1.45 bits per heavy atom. The van der Waals surface area contributed by atoms with Crippen LogP contribution in [0.5, 0.6) is 11.6 Å². The fourth-order valence-corrected chi connectivity index (χ4v) is 2.14. The number of aromatic nitrogens is 1. The molecule has 2 heterocycles. The van der Waals surface area contributed by atoms with Crippen molar-refractivity contribution in [3.8, 4) is 11.6 Å². The molecule has 0 bridgehead atoms. The molecule has 5 heteroatoms. The van der Waals surface area contributed by atoms with Gasteiger partial charge < -0.3 is 19.5 Å². The molecule has 0 amide bonds. The molecule has 0 saturated carbocycles. The minimum atomic E-state index is -0.155. The monoisotopic (exact) mass is 280 g/mol. The van der Waals surface area contributed by atoms with Gasteiger partial charge in [-0.3, -0.25) is 0 Å². The van der Waals surface area contributed by atoms with E-state index in [9.17, 15) is 0 Å². The molecule has 0 radical (unpaired) electrons. The zero-order chi connectivity index (χ0) is 14.4. The van der Waals surface area contributed by atoms with E-state index in [-0.39, 0.29) is 11.7 Å². The number of hydrogen-bond donors (Lipinski definition) is 1. The molecule has 112 valence electrons. The highest BCUT2D eigenvalue weighted by atomic mass is 16.6. The van der Waals surface area contributed by atoms with Crippen molar-refractivity contribution in [1.29, 1.82) is 0 Å². The maximum atomic E-state index is 5.96. The van der Waals surface area contributed by atoms with Gasteiger partial charge in [0.15, 0.2) is 5.75 Å². The van der Waals surface area contributed by atoms with Crippen LogP contribution in [0.25, 0.3) is 0 Å². The maximum Gasteiger partial charge on any atom is 0.257 e. The van der Waals surface area contributed by atoms with Crippen LogP contribution >= 0.6 is 0 Å². The molecule has 1 aliphatic rings. The van der Waals surface area contributed by atoms with Gasteiger partial charge in [0.05, 0.1) is 12.2 Å². The zero-order valence-corrected chi connectivity index (χ0v) is 12.5. The summed E-state index contributed by atoms with van der Waals surface area (Å²) in [6.07, 6.45) is 2.69. The molecule has 1 aromatic rings. The summed E-state index contributed by atoms with van der Waals surface area (Å²) in [4.78, 5) is 4.23. The number of rotatable bonds is 6. The highest BCUT2D eigenvalue weighted by Crippen LogP contribution is 2.24. The molecule has 1 N–H and O–H groups in total. The molecule has 1 aliphatic heterocycles. The van der Waals surface area contributed by atoms with Crippen LogP contribution in [0, 0.1) is 0 Å². The Kier molecular flexibility index (Phi) is 5.20. The molecule has 1 aromatic heterocycles. The first-order chi connectivity index (χ1) is 9.61. The molecule has 20 heavy (non-hydrogen) atoms. The summed E-state index contributed by atoms with van der Waals surface area (Å²) in [5.41, 5.74) is -0.155. The molecule has 1 saturated heterocycles. The standard InChI is InChI=1S/C15H24N2O3/c1-4-8-18-13-6-5-7-17-14(13)19-10-12-9-16-11-15(2,3)20-12/h5-7,12,16H,4,8-11H2,1-3H3. The molecule has 0 spiro atoms. The first-order valence-electron chi connectivity index (χ1n) is 7.20. The van der Waals surface area contributed by atoms with Crippen molar-refractivity contribution in [2.75, 3.05) is 26.3 Å². The summed E-state index contributed by atoms with van der Waals surface area (Å²) < 4.78 is 17.3. The highest BCUT2D eigenvalue weighted by molar-refractivity contribution is 5.32. The van der Waals surface area contributed by atoms with E-state index in [2.05, 4.69) is 31.1 Å². The Hall–Kier alpha value is -1.33. The number of nitrogens with one attached hydrogen (secondary N) is 1. The maximum absolute atomic E-state index is 5.96. The Morgan fingerprint density at radius 3 is 3.05 bits per heavy atom. The summed E-state index contributed by atoms with van der Waals surface area (Å²) in [6, 6.07) is 3.72. The second-order valence-electron chi connectivity index (χ2n) is 5.60. The van der Waals surface area contributed by atoms with E-state index in [1.54, 1.807) is 6.20 Å². The lowest BCUT2D eigenvalue weighted by molar-refractivity contribution is -0.107. The molecule has 2 rings (SSSR count). The van der Waals surface area contributed by atoms with Crippen molar-refractivity contribution in [2.45, 2.75) is 38.9 Å². The Bertz CT molecular complexity index is 423. The Balaban J connectivity index is 1.90. The van der Waals surface area contributed by atoms with Crippen molar-refractivity contribution in [3.63, 3.8) is 0 Å². The van der Waals surface area contributed by atoms with Crippen LogP contribution in [0.1, 0.15) is 27.2 Å². The Labute approximate surface area is 120 Å². The van der Waals surface area contributed by atoms with Crippen molar-refractivity contribution in [1.82, 2.24) is 10.3 Å². The molecule has 1 atom stereocenters. The molecule has 0 aromatic carbocycles. The number of pyridine rings is 1. The van der Waals surface area contributed by atoms with Crippen LogP contribution in [0.15, 0.2) is 18.3 Å². The predicted octanol–water partition coefficient (Wildman–Crippen LogP) is 2.02. The fraction of sp³-hybridized carbons (Fsp3) is 0.667. The van der Waals surface area contributed by atoms with Gasteiger partial charge in [0.25, 0.3) is 5.88 Å². The van der Waals surface area contributed by atoms with Gasteiger partial charge in [-0.25, -0.2) is 4.98 Å². The van der Waals surface area contributed by atoms with Gasteiger partial charge in [0.2, 0.25) is 0 Å². The van der Waals surface area contributed by atoms with Crippen molar-refractivity contribution >= 4 is 0 Å². The molecule has 1 fully saturated rings. The first kappa shape index (κ1) is 15.1. The zero-order valence-electron chi connectivity index (χ0n) is 12.5. The van der Waals surface area contributed by atoms with Crippen molar-refractivity contribution in [3.05, 3.63) is 18.3 Å².